The maximum Gasteiger partial charge on any atom is 0.187 e. The Morgan fingerprint density at radius 1 is 1.53 bits per heavy atom. The van der Waals surface area contributed by atoms with E-state index in [-0.39, 0.29) is 4.90 Å². The van der Waals surface area contributed by atoms with Gasteiger partial charge in [-0.05, 0) is 12.1 Å². The number of benzene rings is 1. The molecule has 1 unspecified atom stereocenters. The van der Waals surface area contributed by atoms with Crippen LogP contribution in [-0.4, -0.2) is 32.3 Å². The monoisotopic (exact) mass is 281 g/mol. The molecule has 2 rings (SSSR count). The predicted octanol–water partition coefficient (Wildman–Crippen LogP) is 1.36. The molecule has 102 valence electrons. The lowest BCUT2D eigenvalue weighted by Crippen LogP contribution is -2.03. The van der Waals surface area contributed by atoms with Gasteiger partial charge in [0.2, 0.25) is 0 Å². The molecule has 6 nitrogen and oxygen atoms in total. The van der Waals surface area contributed by atoms with E-state index in [2.05, 4.69) is 5.10 Å². The second-order valence-corrected chi connectivity index (χ2v) is 4.93. The lowest BCUT2D eigenvalue weighted by Gasteiger charge is -2.05. The third-order valence-corrected chi connectivity index (χ3v) is 3.38. The van der Waals surface area contributed by atoms with Gasteiger partial charge in [-0.1, -0.05) is 6.07 Å². The van der Waals surface area contributed by atoms with Gasteiger partial charge in [0.25, 0.3) is 0 Å². The summed E-state index contributed by atoms with van der Waals surface area (Å²) >= 11 is -2.09. The van der Waals surface area contributed by atoms with Gasteiger partial charge in [0.05, 0.1) is 24.2 Å². The standard InChI is InChI=1S/C12H15N3O3S/c1-18-5-4-15-8-9(7-14-15)11-3-2-10(13)6-12(11)19(16)17/h2-3,6-8H,4-5,13H2,1H3,(H,16,17). The number of hydrogen-bond donors (Lipinski definition) is 2. The normalized spacial score (nSPS) is 12.5. The van der Waals surface area contributed by atoms with Crippen LogP contribution in [0.1, 0.15) is 0 Å². The molecule has 0 aliphatic carbocycles. The fourth-order valence-corrected chi connectivity index (χ4v) is 2.34. The van der Waals surface area contributed by atoms with E-state index in [1.54, 1.807) is 36.3 Å². The molecule has 1 atom stereocenters. The van der Waals surface area contributed by atoms with Crippen molar-refractivity contribution >= 4 is 16.8 Å². The number of anilines is 1. The van der Waals surface area contributed by atoms with Gasteiger partial charge in [-0.25, -0.2) is 4.21 Å². The van der Waals surface area contributed by atoms with Gasteiger partial charge in [-0.2, -0.15) is 5.10 Å². The molecule has 0 amide bonds. The molecule has 2 aromatic rings. The van der Waals surface area contributed by atoms with Gasteiger partial charge in [0.1, 0.15) is 0 Å². The third kappa shape index (κ3) is 3.19. The topological polar surface area (TPSA) is 90.4 Å². The Morgan fingerprint density at radius 2 is 2.32 bits per heavy atom. The number of nitrogens with zero attached hydrogens (tertiary/aromatic N) is 2. The van der Waals surface area contributed by atoms with E-state index < -0.39 is 11.1 Å². The van der Waals surface area contributed by atoms with Gasteiger partial charge in [-0.15, -0.1) is 0 Å². The fourth-order valence-electron chi connectivity index (χ4n) is 1.73. The number of methoxy groups -OCH3 is 1. The van der Waals surface area contributed by atoms with E-state index in [0.717, 1.165) is 5.56 Å². The maximum absolute atomic E-state index is 11.3. The highest BCUT2D eigenvalue weighted by Gasteiger charge is 2.12. The van der Waals surface area contributed by atoms with Crippen LogP contribution in [0.5, 0.6) is 0 Å². The fraction of sp³-hybridized carbons (Fsp3) is 0.250. The maximum atomic E-state index is 11.3. The van der Waals surface area contributed by atoms with Crippen molar-refractivity contribution in [3.8, 4) is 11.1 Å². The van der Waals surface area contributed by atoms with Crippen molar-refractivity contribution in [2.45, 2.75) is 11.4 Å². The highest BCUT2D eigenvalue weighted by molar-refractivity contribution is 7.79. The van der Waals surface area contributed by atoms with E-state index in [0.29, 0.717) is 24.4 Å². The third-order valence-electron chi connectivity index (χ3n) is 2.66. The zero-order valence-corrected chi connectivity index (χ0v) is 11.3. The summed E-state index contributed by atoms with van der Waals surface area (Å²) in [5.74, 6) is 0. The van der Waals surface area contributed by atoms with Crippen molar-refractivity contribution in [3.05, 3.63) is 30.6 Å². The van der Waals surface area contributed by atoms with E-state index in [1.165, 1.54) is 6.07 Å². The second-order valence-electron chi connectivity index (χ2n) is 3.99. The summed E-state index contributed by atoms with van der Waals surface area (Å²) in [5, 5.41) is 4.18. The first-order chi connectivity index (χ1) is 9.11. The van der Waals surface area contributed by atoms with Crippen LogP contribution in [0.2, 0.25) is 0 Å². The largest absolute Gasteiger partial charge is 0.399 e. The number of nitrogen functional groups attached to an aromatic ring is 1. The molecule has 0 radical (unpaired) electrons. The molecule has 1 aromatic heterocycles. The minimum atomic E-state index is -2.09. The van der Waals surface area contributed by atoms with Crippen molar-refractivity contribution in [3.63, 3.8) is 0 Å². The molecule has 7 heteroatoms. The Morgan fingerprint density at radius 3 is 3.00 bits per heavy atom. The van der Waals surface area contributed by atoms with Gasteiger partial charge in [0, 0.05) is 30.1 Å². The minimum Gasteiger partial charge on any atom is -0.399 e. The average Bonchev–Trinajstić information content (AvgIpc) is 2.84. The zero-order valence-electron chi connectivity index (χ0n) is 10.4. The summed E-state index contributed by atoms with van der Waals surface area (Å²) in [6.07, 6.45) is 3.46. The summed E-state index contributed by atoms with van der Waals surface area (Å²) in [4.78, 5) is 0.284. The summed E-state index contributed by atoms with van der Waals surface area (Å²) in [5.41, 5.74) is 7.51. The summed E-state index contributed by atoms with van der Waals surface area (Å²) in [7, 11) is 1.62. The van der Waals surface area contributed by atoms with Crippen molar-refractivity contribution in [2.24, 2.45) is 0 Å². The molecular formula is C12H15N3O3S. The number of ether oxygens (including phenoxy) is 1. The number of aromatic nitrogens is 2. The minimum absolute atomic E-state index is 0.284. The predicted molar refractivity (Wildman–Crippen MR) is 73.0 cm³/mol. The van der Waals surface area contributed by atoms with E-state index in [9.17, 15) is 8.76 Å². The number of hydrogen-bond acceptors (Lipinski definition) is 4. The Bertz CT molecular complexity index is 598. The molecule has 0 aliphatic heterocycles. The van der Waals surface area contributed by atoms with Crippen molar-refractivity contribution < 1.29 is 13.5 Å². The molecule has 0 saturated heterocycles. The Kier molecular flexibility index (Phi) is 4.31. The molecule has 0 saturated carbocycles. The van der Waals surface area contributed by atoms with Gasteiger partial charge < -0.3 is 15.0 Å². The zero-order chi connectivity index (χ0) is 13.8. The Balaban J connectivity index is 2.36. The van der Waals surface area contributed by atoms with E-state index in [4.69, 9.17) is 10.5 Å². The summed E-state index contributed by atoms with van der Waals surface area (Å²) in [6, 6.07) is 4.91. The van der Waals surface area contributed by atoms with Crippen LogP contribution >= 0.6 is 0 Å². The van der Waals surface area contributed by atoms with Crippen LogP contribution in [-0.2, 0) is 22.4 Å². The van der Waals surface area contributed by atoms with Crippen molar-refractivity contribution in [1.29, 1.82) is 0 Å². The van der Waals surface area contributed by atoms with Crippen LogP contribution < -0.4 is 5.73 Å². The smallest absolute Gasteiger partial charge is 0.187 e. The quantitative estimate of drug-likeness (QED) is 0.638. The lowest BCUT2D eigenvalue weighted by molar-refractivity contribution is 0.183. The highest BCUT2D eigenvalue weighted by atomic mass is 32.2. The van der Waals surface area contributed by atoms with E-state index in [1.807, 2.05) is 0 Å². The first-order valence-corrected chi connectivity index (χ1v) is 6.74. The van der Waals surface area contributed by atoms with Gasteiger partial charge >= 0.3 is 0 Å². The summed E-state index contributed by atoms with van der Waals surface area (Å²) in [6.45, 7) is 1.19. The number of nitrogens with two attached hydrogens (primary N) is 1. The molecule has 1 heterocycles. The first-order valence-electron chi connectivity index (χ1n) is 5.64. The highest BCUT2D eigenvalue weighted by Crippen LogP contribution is 2.27. The Labute approximate surface area is 113 Å². The molecule has 0 bridgehead atoms. The van der Waals surface area contributed by atoms with Crippen molar-refractivity contribution in [1.82, 2.24) is 9.78 Å². The van der Waals surface area contributed by atoms with Crippen LogP contribution in [0.3, 0.4) is 0 Å². The SMILES string of the molecule is COCCn1cc(-c2ccc(N)cc2S(=O)O)cn1. The molecule has 1 aromatic carbocycles. The average molecular weight is 281 g/mol. The molecule has 0 spiro atoms. The second kappa shape index (κ2) is 5.96. The van der Waals surface area contributed by atoms with Crippen LogP contribution in [0.4, 0.5) is 5.69 Å². The van der Waals surface area contributed by atoms with Gasteiger partial charge in [0.15, 0.2) is 11.1 Å². The molecule has 3 N–H and O–H groups in total. The van der Waals surface area contributed by atoms with Crippen LogP contribution in [0.15, 0.2) is 35.5 Å². The van der Waals surface area contributed by atoms with E-state index >= 15 is 0 Å². The number of rotatable bonds is 5. The van der Waals surface area contributed by atoms with Crippen LogP contribution in [0.25, 0.3) is 11.1 Å². The van der Waals surface area contributed by atoms with Gasteiger partial charge in [-0.3, -0.25) is 4.68 Å². The van der Waals surface area contributed by atoms with Crippen LogP contribution in [0, 0.1) is 0 Å². The summed E-state index contributed by atoms with van der Waals surface area (Å²) < 4.78 is 27.3. The van der Waals surface area contributed by atoms with Crippen molar-refractivity contribution in [2.75, 3.05) is 19.5 Å². The molecule has 19 heavy (non-hydrogen) atoms. The Hall–Kier alpha value is -1.70. The molecule has 0 fully saturated rings. The molecular weight excluding hydrogens is 266 g/mol. The first kappa shape index (κ1) is 13.7. The molecule has 0 aliphatic rings. The lowest BCUT2D eigenvalue weighted by atomic mass is 10.1.